The average Bonchev–Trinajstić information content (AvgIpc) is 2.78. The van der Waals surface area contributed by atoms with Gasteiger partial charge in [0, 0.05) is 4.47 Å². The molecule has 1 atom stereocenters. The highest BCUT2D eigenvalue weighted by Gasteiger charge is 2.22. The number of rotatable bonds is 4. The van der Waals surface area contributed by atoms with E-state index in [4.69, 9.17) is 0 Å². The predicted octanol–water partition coefficient (Wildman–Crippen LogP) is 4.73. The first-order valence-corrected chi connectivity index (χ1v) is 10.0. The van der Waals surface area contributed by atoms with Crippen molar-refractivity contribution in [3.05, 3.63) is 110 Å². The molecule has 144 valence electrons. The van der Waals surface area contributed by atoms with E-state index in [0.717, 1.165) is 16.3 Å². The molecule has 0 aliphatic rings. The SMILES string of the molecule is N#Cc1cccc(C(C#N)c2c(Br)cnn(Cc3cccc4ccccc34)c2=O)c1. The number of halogens is 1. The number of hydrogen-bond acceptors (Lipinski definition) is 4. The highest BCUT2D eigenvalue weighted by molar-refractivity contribution is 9.10. The molecule has 0 bridgehead atoms. The summed E-state index contributed by atoms with van der Waals surface area (Å²) < 4.78 is 1.84. The number of benzene rings is 3. The van der Waals surface area contributed by atoms with Crippen molar-refractivity contribution in [2.24, 2.45) is 0 Å². The number of nitrogens with zero attached hydrogens (tertiary/aromatic N) is 4. The summed E-state index contributed by atoms with van der Waals surface area (Å²) in [5.41, 5.74) is 1.97. The van der Waals surface area contributed by atoms with Crippen LogP contribution in [0.5, 0.6) is 0 Å². The van der Waals surface area contributed by atoms with Crippen LogP contribution in [0.1, 0.15) is 28.2 Å². The Morgan fingerprint density at radius 3 is 2.60 bits per heavy atom. The van der Waals surface area contributed by atoms with Gasteiger partial charge in [0.05, 0.1) is 36.0 Å². The van der Waals surface area contributed by atoms with Crippen LogP contribution in [0, 0.1) is 22.7 Å². The van der Waals surface area contributed by atoms with Crippen LogP contribution in [0.25, 0.3) is 10.8 Å². The lowest BCUT2D eigenvalue weighted by Gasteiger charge is -2.14. The molecule has 6 heteroatoms. The lowest BCUT2D eigenvalue weighted by atomic mass is 9.93. The third kappa shape index (κ3) is 3.61. The second-order valence-corrected chi connectivity index (χ2v) is 7.66. The Balaban J connectivity index is 1.81. The van der Waals surface area contributed by atoms with E-state index in [1.807, 2.05) is 42.5 Å². The molecule has 0 aliphatic heterocycles. The van der Waals surface area contributed by atoms with Gasteiger partial charge in [-0.15, -0.1) is 0 Å². The molecule has 4 rings (SSSR count). The van der Waals surface area contributed by atoms with Gasteiger partial charge in [0.25, 0.3) is 5.56 Å². The molecule has 1 heterocycles. The van der Waals surface area contributed by atoms with Gasteiger partial charge in [-0.2, -0.15) is 15.6 Å². The Kier molecular flexibility index (Phi) is 5.43. The third-order valence-corrected chi connectivity index (χ3v) is 5.63. The molecular weight excluding hydrogens is 440 g/mol. The monoisotopic (exact) mass is 454 g/mol. The quantitative estimate of drug-likeness (QED) is 0.445. The summed E-state index contributed by atoms with van der Waals surface area (Å²) in [5.74, 6) is -0.818. The van der Waals surface area contributed by atoms with Crippen molar-refractivity contribution in [2.75, 3.05) is 0 Å². The fraction of sp³-hybridized carbons (Fsp3) is 0.0833. The molecule has 3 aromatic carbocycles. The minimum Gasteiger partial charge on any atom is -0.267 e. The van der Waals surface area contributed by atoms with Crippen molar-refractivity contribution in [1.29, 1.82) is 10.5 Å². The van der Waals surface area contributed by atoms with Crippen LogP contribution in [0.2, 0.25) is 0 Å². The van der Waals surface area contributed by atoms with Crippen molar-refractivity contribution < 1.29 is 0 Å². The number of hydrogen-bond donors (Lipinski definition) is 0. The minimum absolute atomic E-state index is 0.289. The molecular formula is C24H15BrN4O. The molecule has 30 heavy (non-hydrogen) atoms. The molecule has 1 unspecified atom stereocenters. The van der Waals surface area contributed by atoms with Crippen LogP contribution in [0.4, 0.5) is 0 Å². The van der Waals surface area contributed by atoms with Gasteiger partial charge < -0.3 is 0 Å². The summed E-state index contributed by atoms with van der Waals surface area (Å²) in [6.07, 6.45) is 1.54. The van der Waals surface area contributed by atoms with Crippen LogP contribution in [-0.4, -0.2) is 9.78 Å². The Morgan fingerprint density at radius 1 is 1.03 bits per heavy atom. The van der Waals surface area contributed by atoms with Crippen molar-refractivity contribution in [1.82, 2.24) is 9.78 Å². The zero-order chi connectivity index (χ0) is 21.1. The zero-order valence-corrected chi connectivity index (χ0v) is 17.4. The predicted molar refractivity (Wildman–Crippen MR) is 118 cm³/mol. The van der Waals surface area contributed by atoms with Gasteiger partial charge in [-0.25, -0.2) is 4.68 Å². The van der Waals surface area contributed by atoms with E-state index >= 15 is 0 Å². The van der Waals surface area contributed by atoms with Gasteiger partial charge in [-0.05, 0) is 50.0 Å². The fourth-order valence-electron chi connectivity index (χ4n) is 3.54. The molecule has 0 spiro atoms. The maximum atomic E-state index is 13.3. The van der Waals surface area contributed by atoms with Gasteiger partial charge in [-0.1, -0.05) is 54.6 Å². The van der Waals surface area contributed by atoms with Crippen molar-refractivity contribution in [3.8, 4) is 12.1 Å². The summed E-state index contributed by atoms with van der Waals surface area (Å²) >= 11 is 3.39. The van der Waals surface area contributed by atoms with Gasteiger partial charge in [0.1, 0.15) is 5.92 Å². The molecule has 0 N–H and O–H groups in total. The van der Waals surface area contributed by atoms with Crippen LogP contribution in [0.15, 0.2) is 82.2 Å². The molecule has 0 saturated carbocycles. The zero-order valence-electron chi connectivity index (χ0n) is 15.8. The standard InChI is InChI=1S/C24H15BrN4O/c25-22-14-28-29(15-19-9-4-7-17-6-1-2-10-20(17)19)24(30)23(22)21(13-27)18-8-3-5-16(11-18)12-26/h1-11,14,21H,15H2. The second-order valence-electron chi connectivity index (χ2n) is 6.81. The Labute approximate surface area is 181 Å². The van der Waals surface area contributed by atoms with Gasteiger partial charge >= 0.3 is 0 Å². The van der Waals surface area contributed by atoms with E-state index < -0.39 is 5.92 Å². The van der Waals surface area contributed by atoms with Crippen LogP contribution in [0.3, 0.4) is 0 Å². The van der Waals surface area contributed by atoms with Gasteiger partial charge in [0.2, 0.25) is 0 Å². The van der Waals surface area contributed by atoms with E-state index in [9.17, 15) is 15.3 Å². The first kappa shape index (κ1) is 19.6. The highest BCUT2D eigenvalue weighted by Crippen LogP contribution is 2.28. The number of nitriles is 2. The Bertz CT molecular complexity index is 1390. The van der Waals surface area contributed by atoms with Gasteiger partial charge in [-0.3, -0.25) is 4.79 Å². The van der Waals surface area contributed by atoms with E-state index in [-0.39, 0.29) is 12.1 Å². The smallest absolute Gasteiger partial charge is 0.267 e. The van der Waals surface area contributed by atoms with Gasteiger partial charge in [0.15, 0.2) is 0 Å². The number of fused-ring (bicyclic) bond motifs is 1. The lowest BCUT2D eigenvalue weighted by molar-refractivity contribution is 0.628. The summed E-state index contributed by atoms with van der Waals surface area (Å²) in [6, 6.07) is 25.0. The molecule has 0 fully saturated rings. The molecule has 0 aliphatic carbocycles. The lowest BCUT2D eigenvalue weighted by Crippen LogP contribution is -2.28. The first-order valence-electron chi connectivity index (χ1n) is 9.24. The van der Waals surface area contributed by atoms with Crippen molar-refractivity contribution in [3.63, 3.8) is 0 Å². The summed E-state index contributed by atoms with van der Waals surface area (Å²) in [6.45, 7) is 0.289. The van der Waals surface area contributed by atoms with Crippen LogP contribution < -0.4 is 5.56 Å². The van der Waals surface area contributed by atoms with E-state index in [1.165, 1.54) is 4.68 Å². The normalized spacial score (nSPS) is 11.6. The molecule has 0 radical (unpaired) electrons. The third-order valence-electron chi connectivity index (χ3n) is 5.00. The molecule has 5 nitrogen and oxygen atoms in total. The van der Waals surface area contributed by atoms with E-state index in [1.54, 1.807) is 30.5 Å². The number of aromatic nitrogens is 2. The Morgan fingerprint density at radius 2 is 1.80 bits per heavy atom. The maximum Gasteiger partial charge on any atom is 0.273 e. The summed E-state index contributed by atoms with van der Waals surface area (Å²) in [4.78, 5) is 13.3. The van der Waals surface area contributed by atoms with Crippen molar-refractivity contribution >= 4 is 26.7 Å². The van der Waals surface area contributed by atoms with Crippen LogP contribution in [-0.2, 0) is 6.54 Å². The van der Waals surface area contributed by atoms with Crippen LogP contribution >= 0.6 is 15.9 Å². The van der Waals surface area contributed by atoms with E-state index in [0.29, 0.717) is 21.2 Å². The average molecular weight is 455 g/mol. The largest absolute Gasteiger partial charge is 0.273 e. The molecule has 0 amide bonds. The van der Waals surface area contributed by atoms with E-state index in [2.05, 4.69) is 33.2 Å². The molecule has 0 saturated heterocycles. The molecule has 4 aromatic rings. The molecule has 1 aromatic heterocycles. The fourth-order valence-corrected chi connectivity index (χ4v) is 4.03. The minimum atomic E-state index is -0.818. The van der Waals surface area contributed by atoms with Crippen molar-refractivity contribution in [2.45, 2.75) is 12.5 Å². The second kappa shape index (κ2) is 8.32. The Hall–Kier alpha value is -3.74. The topological polar surface area (TPSA) is 82.5 Å². The maximum absolute atomic E-state index is 13.3. The first-order chi connectivity index (χ1) is 14.6. The highest BCUT2D eigenvalue weighted by atomic mass is 79.9. The summed E-state index contributed by atoms with van der Waals surface area (Å²) in [5, 5.41) is 25.4. The summed E-state index contributed by atoms with van der Waals surface area (Å²) in [7, 11) is 0.